The molecule has 3 aromatic rings. The van der Waals surface area contributed by atoms with E-state index < -0.39 is 6.10 Å². The smallest absolute Gasteiger partial charge is 0.273 e. The number of nitrogens with zero attached hydrogens (tertiary/aromatic N) is 2. The molecule has 0 bridgehead atoms. The number of methoxy groups -OCH3 is 1. The molecular weight excluding hydrogens is 409 g/mol. The quantitative estimate of drug-likeness (QED) is 0.430. The Morgan fingerprint density at radius 1 is 1.10 bits per heavy atom. The molecule has 0 spiro atoms. The molecule has 0 fully saturated rings. The second-order valence-corrected chi connectivity index (χ2v) is 7.34. The van der Waals surface area contributed by atoms with Crippen molar-refractivity contribution in [3.8, 4) is 5.69 Å². The molecule has 0 aliphatic carbocycles. The predicted molar refractivity (Wildman–Crippen MR) is 117 cm³/mol. The van der Waals surface area contributed by atoms with Crippen molar-refractivity contribution in [2.45, 2.75) is 20.0 Å². The van der Waals surface area contributed by atoms with E-state index in [1.807, 2.05) is 66.9 Å². The second kappa shape index (κ2) is 9.27. The van der Waals surface area contributed by atoms with Gasteiger partial charge in [-0.2, -0.15) is 5.10 Å². The van der Waals surface area contributed by atoms with Crippen molar-refractivity contribution in [2.75, 3.05) is 7.11 Å². The van der Waals surface area contributed by atoms with Gasteiger partial charge in [-0.1, -0.05) is 53.5 Å². The largest absolute Gasteiger partial charge is 0.367 e. The summed E-state index contributed by atoms with van der Waals surface area (Å²) in [4.78, 5) is 12.4. The number of benzene rings is 2. The Labute approximate surface area is 179 Å². The maximum absolute atomic E-state index is 12.4. The lowest BCUT2D eigenvalue weighted by Gasteiger charge is -2.13. The fraction of sp³-hybridized carbons (Fsp3) is 0.182. The molecule has 3 rings (SSSR count). The van der Waals surface area contributed by atoms with Crippen LogP contribution in [0.4, 0.5) is 0 Å². The minimum absolute atomic E-state index is 0.340. The van der Waals surface area contributed by atoms with Crippen molar-refractivity contribution in [3.63, 3.8) is 0 Å². The van der Waals surface area contributed by atoms with Crippen LogP contribution in [0.3, 0.4) is 0 Å². The van der Waals surface area contributed by atoms with Gasteiger partial charge in [-0.05, 0) is 43.7 Å². The average Bonchev–Trinajstić information content (AvgIpc) is 2.99. The van der Waals surface area contributed by atoms with E-state index in [0.29, 0.717) is 10.0 Å². The molecule has 0 unspecified atom stereocenters. The van der Waals surface area contributed by atoms with Gasteiger partial charge in [-0.3, -0.25) is 4.79 Å². The van der Waals surface area contributed by atoms with Crippen LogP contribution >= 0.6 is 23.2 Å². The summed E-state index contributed by atoms with van der Waals surface area (Å²) in [6.07, 6.45) is 0.892. The monoisotopic (exact) mass is 429 g/mol. The zero-order valence-corrected chi connectivity index (χ0v) is 17.8. The lowest BCUT2D eigenvalue weighted by atomic mass is 10.1. The fourth-order valence-corrected chi connectivity index (χ4v) is 3.48. The summed E-state index contributed by atoms with van der Waals surface area (Å²) in [5, 5.41) is 5.11. The third-order valence-electron chi connectivity index (χ3n) is 4.59. The molecule has 0 saturated carbocycles. The normalized spacial score (nSPS) is 12.3. The van der Waals surface area contributed by atoms with Crippen LogP contribution in [-0.2, 0) is 9.53 Å². The molecule has 1 atom stereocenters. The number of hydrogen-bond acceptors (Lipinski definition) is 3. The van der Waals surface area contributed by atoms with E-state index in [-0.39, 0.29) is 5.91 Å². The molecule has 1 N–H and O–H groups in total. The van der Waals surface area contributed by atoms with Gasteiger partial charge >= 0.3 is 0 Å². The first kappa shape index (κ1) is 21.1. The molecule has 1 heterocycles. The van der Waals surface area contributed by atoms with Gasteiger partial charge in [0.1, 0.15) is 0 Å². The number of hydrogen-bond donors (Lipinski definition) is 1. The number of hydrazone groups is 1. The first-order valence-electron chi connectivity index (χ1n) is 8.97. The highest BCUT2D eigenvalue weighted by Gasteiger charge is 2.19. The van der Waals surface area contributed by atoms with Crippen LogP contribution in [0.2, 0.25) is 10.0 Å². The first-order valence-corrected chi connectivity index (χ1v) is 9.73. The summed E-state index contributed by atoms with van der Waals surface area (Å²) < 4.78 is 7.36. The number of ether oxygens (including phenoxy) is 1. The molecule has 5 nitrogen and oxygen atoms in total. The van der Waals surface area contributed by atoms with E-state index in [0.717, 1.165) is 28.2 Å². The van der Waals surface area contributed by atoms with E-state index in [9.17, 15) is 4.79 Å². The molecule has 29 heavy (non-hydrogen) atoms. The highest BCUT2D eigenvalue weighted by atomic mass is 35.5. The fourth-order valence-electron chi connectivity index (χ4n) is 3.19. The summed E-state index contributed by atoms with van der Waals surface area (Å²) in [5.41, 5.74) is 7.07. The third-order valence-corrected chi connectivity index (χ3v) is 5.33. The van der Waals surface area contributed by atoms with E-state index >= 15 is 0 Å². The van der Waals surface area contributed by atoms with Gasteiger partial charge in [-0.15, -0.1) is 0 Å². The maximum Gasteiger partial charge on any atom is 0.273 e. The summed E-state index contributed by atoms with van der Waals surface area (Å²) in [7, 11) is 1.49. The van der Waals surface area contributed by atoms with Crippen molar-refractivity contribution in [3.05, 3.63) is 87.2 Å². The Kier molecular flexibility index (Phi) is 6.75. The predicted octanol–water partition coefficient (Wildman–Crippen LogP) is 5.24. The Morgan fingerprint density at radius 2 is 1.83 bits per heavy atom. The number of carbonyl (C=O) groups is 1. The first-order chi connectivity index (χ1) is 13.9. The number of nitrogens with one attached hydrogen (secondary N) is 1. The molecule has 0 saturated heterocycles. The van der Waals surface area contributed by atoms with Crippen molar-refractivity contribution < 1.29 is 9.53 Å². The minimum atomic E-state index is -0.725. The number of aryl methyl sites for hydroxylation is 1. The van der Waals surface area contributed by atoms with Crippen LogP contribution in [-0.4, -0.2) is 23.8 Å². The van der Waals surface area contributed by atoms with Gasteiger partial charge < -0.3 is 9.30 Å². The molecule has 7 heteroatoms. The zero-order chi connectivity index (χ0) is 21.0. The standard InChI is InChI=1S/C22H21Cl2N3O2/c1-14-11-17(15(2)27(14)18-9-10-19(23)20(24)12-18)13-25-26-22(28)21(29-3)16-7-5-4-6-8-16/h4-13,21H,1-3H3,(H,26,28)/b25-13-/t21-/m0/s1. The lowest BCUT2D eigenvalue weighted by Crippen LogP contribution is -2.26. The molecule has 1 aromatic heterocycles. The number of aromatic nitrogens is 1. The van der Waals surface area contributed by atoms with Crippen molar-refractivity contribution in [1.82, 2.24) is 9.99 Å². The van der Waals surface area contributed by atoms with Crippen LogP contribution in [0.1, 0.15) is 28.6 Å². The zero-order valence-electron chi connectivity index (χ0n) is 16.3. The summed E-state index contributed by atoms with van der Waals surface area (Å²) in [5.74, 6) is -0.340. The van der Waals surface area contributed by atoms with Crippen molar-refractivity contribution in [2.24, 2.45) is 5.10 Å². The Balaban J connectivity index is 1.77. The Hall–Kier alpha value is -2.60. The Morgan fingerprint density at radius 3 is 2.48 bits per heavy atom. The topological polar surface area (TPSA) is 55.6 Å². The lowest BCUT2D eigenvalue weighted by molar-refractivity contribution is -0.131. The molecule has 0 aliphatic heterocycles. The van der Waals surface area contributed by atoms with Crippen LogP contribution in [0.25, 0.3) is 5.69 Å². The van der Waals surface area contributed by atoms with Crippen molar-refractivity contribution in [1.29, 1.82) is 0 Å². The van der Waals surface area contributed by atoms with Crippen LogP contribution in [0.15, 0.2) is 59.7 Å². The van der Waals surface area contributed by atoms with Gasteiger partial charge in [0, 0.05) is 29.7 Å². The highest BCUT2D eigenvalue weighted by Crippen LogP contribution is 2.27. The van der Waals surface area contributed by atoms with Crippen LogP contribution in [0, 0.1) is 13.8 Å². The SMILES string of the molecule is CO[C@H](C(=O)N/N=C\c1cc(C)n(-c2ccc(Cl)c(Cl)c2)c1C)c1ccccc1. The minimum Gasteiger partial charge on any atom is -0.367 e. The number of halogens is 2. The Bertz CT molecular complexity index is 1050. The number of rotatable bonds is 6. The van der Waals surface area contributed by atoms with Crippen LogP contribution in [0.5, 0.6) is 0 Å². The van der Waals surface area contributed by atoms with Gasteiger partial charge in [0.25, 0.3) is 5.91 Å². The van der Waals surface area contributed by atoms with Gasteiger partial charge in [0.05, 0.1) is 16.3 Å². The number of amides is 1. The maximum atomic E-state index is 12.4. The highest BCUT2D eigenvalue weighted by molar-refractivity contribution is 6.42. The van der Waals surface area contributed by atoms with Gasteiger partial charge in [-0.25, -0.2) is 5.43 Å². The van der Waals surface area contributed by atoms with E-state index in [1.165, 1.54) is 7.11 Å². The van der Waals surface area contributed by atoms with Gasteiger partial charge in [0.2, 0.25) is 0 Å². The second-order valence-electron chi connectivity index (χ2n) is 6.52. The molecular formula is C22H21Cl2N3O2. The number of carbonyl (C=O) groups excluding carboxylic acids is 1. The molecule has 0 radical (unpaired) electrons. The van der Waals surface area contributed by atoms with E-state index in [1.54, 1.807) is 12.3 Å². The summed E-state index contributed by atoms with van der Waals surface area (Å²) in [6, 6.07) is 16.7. The molecule has 1 amide bonds. The third kappa shape index (κ3) is 4.70. The molecule has 150 valence electrons. The van der Waals surface area contributed by atoms with E-state index in [2.05, 4.69) is 10.5 Å². The summed E-state index contributed by atoms with van der Waals surface area (Å²) >= 11 is 12.2. The van der Waals surface area contributed by atoms with Crippen LogP contribution < -0.4 is 5.43 Å². The average molecular weight is 430 g/mol. The van der Waals surface area contributed by atoms with Crippen molar-refractivity contribution >= 4 is 35.3 Å². The summed E-state index contributed by atoms with van der Waals surface area (Å²) in [6.45, 7) is 3.96. The molecule has 0 aliphatic rings. The van der Waals surface area contributed by atoms with Gasteiger partial charge in [0.15, 0.2) is 6.10 Å². The van der Waals surface area contributed by atoms with E-state index in [4.69, 9.17) is 27.9 Å². The molecule has 2 aromatic carbocycles.